The minimum atomic E-state index is -0.491. The lowest BCUT2D eigenvalue weighted by molar-refractivity contribution is -0.127. The Morgan fingerprint density at radius 3 is 2.57 bits per heavy atom. The summed E-state index contributed by atoms with van der Waals surface area (Å²) >= 11 is 7.36. The number of nitrogens with one attached hydrogen (secondary N) is 1. The van der Waals surface area contributed by atoms with E-state index in [4.69, 9.17) is 11.6 Å². The number of aliphatic imine (C=N–C) groups is 1. The molecule has 5 nitrogen and oxygen atoms in total. The molecule has 0 aliphatic carbocycles. The first-order valence-electron chi connectivity index (χ1n) is 8.91. The minimum Gasteiger partial charge on any atom is -0.326 e. The molecule has 146 valence electrons. The zero-order chi connectivity index (χ0) is 20.4. The molecule has 0 aromatic heterocycles. The second kappa shape index (κ2) is 8.37. The van der Waals surface area contributed by atoms with Crippen LogP contribution >= 0.6 is 23.4 Å². The quantitative estimate of drug-likeness (QED) is 0.775. The molecule has 2 aromatic rings. The predicted molar refractivity (Wildman–Crippen MR) is 117 cm³/mol. The second-order valence-electron chi connectivity index (χ2n) is 6.88. The van der Waals surface area contributed by atoms with E-state index in [0.29, 0.717) is 10.2 Å². The van der Waals surface area contributed by atoms with Crippen molar-refractivity contribution in [3.05, 3.63) is 58.1 Å². The molecule has 2 aromatic carbocycles. The van der Waals surface area contributed by atoms with Crippen LogP contribution in [0.4, 0.5) is 11.4 Å². The molecule has 0 spiro atoms. The van der Waals surface area contributed by atoms with Gasteiger partial charge in [0, 0.05) is 24.2 Å². The normalized spacial score (nSPS) is 18.0. The summed E-state index contributed by atoms with van der Waals surface area (Å²) in [4.78, 5) is 31.1. The van der Waals surface area contributed by atoms with Gasteiger partial charge in [0.2, 0.25) is 11.8 Å². The lowest BCUT2D eigenvalue weighted by Gasteiger charge is -2.10. The summed E-state index contributed by atoms with van der Waals surface area (Å²) in [5, 5.41) is 3.54. The third-order valence-corrected chi connectivity index (χ3v) is 6.15. The van der Waals surface area contributed by atoms with Gasteiger partial charge in [-0.05, 0) is 61.7 Å². The lowest BCUT2D eigenvalue weighted by atomic mass is 10.1. The number of halogens is 1. The van der Waals surface area contributed by atoms with Gasteiger partial charge in [0.15, 0.2) is 5.17 Å². The molecule has 1 heterocycles. The van der Waals surface area contributed by atoms with E-state index < -0.39 is 5.25 Å². The predicted octanol–water partition coefficient (Wildman–Crippen LogP) is 4.86. The van der Waals surface area contributed by atoms with Gasteiger partial charge in [0.1, 0.15) is 5.25 Å². The Labute approximate surface area is 174 Å². The van der Waals surface area contributed by atoms with Crippen LogP contribution in [0.5, 0.6) is 0 Å². The van der Waals surface area contributed by atoms with E-state index in [-0.39, 0.29) is 18.2 Å². The number of anilines is 1. The molecule has 1 N–H and O–H groups in total. The van der Waals surface area contributed by atoms with Crippen molar-refractivity contribution >= 4 is 51.7 Å². The highest BCUT2D eigenvalue weighted by Crippen LogP contribution is 2.32. The van der Waals surface area contributed by atoms with E-state index in [1.165, 1.54) is 22.2 Å². The third-order valence-electron chi connectivity index (χ3n) is 4.69. The van der Waals surface area contributed by atoms with E-state index in [1.54, 1.807) is 19.2 Å². The smallest absolute Gasteiger partial charge is 0.242 e. The maximum absolute atomic E-state index is 12.6. The number of nitrogens with zero attached hydrogens (tertiary/aromatic N) is 2. The molecule has 1 aliphatic heterocycles. The number of thioether (sulfide) groups is 1. The molecule has 1 saturated heterocycles. The molecule has 7 heteroatoms. The first kappa shape index (κ1) is 20.4. The standard InChI is InChI=1S/C21H22ClN3O2S/c1-12-6-8-16(9-14(12)3)23-19(26)11-18-20(27)25(4)21(28-18)24-17-10-15(22)7-5-13(17)2/h5-10,18H,11H2,1-4H3,(H,23,26). The fourth-order valence-electron chi connectivity index (χ4n) is 2.80. The van der Waals surface area contributed by atoms with Crippen molar-refractivity contribution in [1.29, 1.82) is 0 Å². The summed E-state index contributed by atoms with van der Waals surface area (Å²) in [5.74, 6) is -0.318. The summed E-state index contributed by atoms with van der Waals surface area (Å²) in [6.07, 6.45) is 0.0916. The Hall–Kier alpha value is -2.31. The molecule has 28 heavy (non-hydrogen) atoms. The Bertz CT molecular complexity index is 974. The van der Waals surface area contributed by atoms with E-state index in [2.05, 4.69) is 10.3 Å². The fraction of sp³-hybridized carbons (Fsp3) is 0.286. The highest BCUT2D eigenvalue weighted by atomic mass is 35.5. The first-order chi connectivity index (χ1) is 13.2. The van der Waals surface area contributed by atoms with Gasteiger partial charge in [-0.1, -0.05) is 35.5 Å². The van der Waals surface area contributed by atoms with Crippen molar-refractivity contribution in [1.82, 2.24) is 4.90 Å². The summed E-state index contributed by atoms with van der Waals surface area (Å²) in [5.41, 5.74) is 4.69. The van der Waals surface area contributed by atoms with Gasteiger partial charge in [0.05, 0.1) is 5.69 Å². The van der Waals surface area contributed by atoms with Crippen LogP contribution < -0.4 is 5.32 Å². The average molecular weight is 416 g/mol. The number of amidine groups is 1. The van der Waals surface area contributed by atoms with Crippen LogP contribution in [0.2, 0.25) is 5.02 Å². The summed E-state index contributed by atoms with van der Waals surface area (Å²) in [6, 6.07) is 11.2. The summed E-state index contributed by atoms with van der Waals surface area (Å²) in [7, 11) is 1.68. The van der Waals surface area contributed by atoms with Crippen molar-refractivity contribution in [3.63, 3.8) is 0 Å². The molecular weight excluding hydrogens is 394 g/mol. The first-order valence-corrected chi connectivity index (χ1v) is 10.2. The Kier molecular flexibility index (Phi) is 6.10. The molecular formula is C21H22ClN3O2S. The molecule has 0 saturated carbocycles. The van der Waals surface area contributed by atoms with Crippen LogP contribution in [0.3, 0.4) is 0 Å². The highest BCUT2D eigenvalue weighted by Gasteiger charge is 2.37. The molecule has 2 amide bonds. The summed E-state index contributed by atoms with van der Waals surface area (Å²) < 4.78 is 0. The number of rotatable bonds is 4. The number of hydrogen-bond acceptors (Lipinski definition) is 4. The van der Waals surface area contributed by atoms with Gasteiger partial charge >= 0.3 is 0 Å². The molecule has 0 bridgehead atoms. The molecule has 1 fully saturated rings. The van der Waals surface area contributed by atoms with Crippen LogP contribution in [0.25, 0.3) is 0 Å². The zero-order valence-electron chi connectivity index (χ0n) is 16.2. The number of amides is 2. The fourth-order valence-corrected chi connectivity index (χ4v) is 4.12. The van der Waals surface area contributed by atoms with Crippen LogP contribution in [-0.4, -0.2) is 34.2 Å². The number of benzene rings is 2. The second-order valence-corrected chi connectivity index (χ2v) is 8.49. The largest absolute Gasteiger partial charge is 0.326 e. The summed E-state index contributed by atoms with van der Waals surface area (Å²) in [6.45, 7) is 5.95. The number of carbonyl (C=O) groups excluding carboxylic acids is 2. The highest BCUT2D eigenvalue weighted by molar-refractivity contribution is 8.15. The monoisotopic (exact) mass is 415 g/mol. The maximum Gasteiger partial charge on any atom is 0.242 e. The molecule has 1 unspecified atom stereocenters. The number of carbonyl (C=O) groups is 2. The molecule has 3 rings (SSSR count). The molecule has 1 atom stereocenters. The third kappa shape index (κ3) is 4.56. The van der Waals surface area contributed by atoms with E-state index in [1.807, 2.05) is 45.0 Å². The van der Waals surface area contributed by atoms with Crippen molar-refractivity contribution in [2.45, 2.75) is 32.4 Å². The van der Waals surface area contributed by atoms with Crippen molar-refractivity contribution in [3.8, 4) is 0 Å². The number of hydrogen-bond donors (Lipinski definition) is 1. The lowest BCUT2D eigenvalue weighted by Crippen LogP contribution is -2.30. The van der Waals surface area contributed by atoms with Gasteiger partial charge in [0.25, 0.3) is 0 Å². The van der Waals surface area contributed by atoms with Crippen molar-refractivity contribution in [2.24, 2.45) is 4.99 Å². The molecule has 0 radical (unpaired) electrons. The minimum absolute atomic E-state index is 0.0916. The van der Waals surface area contributed by atoms with E-state index >= 15 is 0 Å². The Morgan fingerprint density at radius 2 is 1.86 bits per heavy atom. The van der Waals surface area contributed by atoms with Gasteiger partial charge in [-0.25, -0.2) is 4.99 Å². The van der Waals surface area contributed by atoms with Gasteiger partial charge < -0.3 is 5.32 Å². The van der Waals surface area contributed by atoms with Gasteiger partial charge in [-0.3, -0.25) is 14.5 Å². The average Bonchev–Trinajstić information content (AvgIpc) is 2.89. The van der Waals surface area contributed by atoms with Gasteiger partial charge in [-0.15, -0.1) is 0 Å². The Morgan fingerprint density at radius 1 is 1.14 bits per heavy atom. The topological polar surface area (TPSA) is 61.8 Å². The zero-order valence-corrected chi connectivity index (χ0v) is 17.8. The van der Waals surface area contributed by atoms with Crippen LogP contribution in [0, 0.1) is 20.8 Å². The Balaban J connectivity index is 1.70. The van der Waals surface area contributed by atoms with Crippen LogP contribution in [-0.2, 0) is 9.59 Å². The number of aryl methyl sites for hydroxylation is 3. The van der Waals surface area contributed by atoms with Crippen molar-refractivity contribution < 1.29 is 9.59 Å². The van der Waals surface area contributed by atoms with Crippen LogP contribution in [0.15, 0.2) is 41.4 Å². The molecule has 1 aliphatic rings. The van der Waals surface area contributed by atoms with Gasteiger partial charge in [-0.2, -0.15) is 0 Å². The van der Waals surface area contributed by atoms with Crippen molar-refractivity contribution in [2.75, 3.05) is 12.4 Å². The van der Waals surface area contributed by atoms with E-state index in [9.17, 15) is 9.59 Å². The SMILES string of the molecule is Cc1ccc(NC(=O)CC2SC(=Nc3cc(Cl)ccc3C)N(C)C2=O)cc1C. The van der Waals surface area contributed by atoms with E-state index in [0.717, 1.165) is 22.5 Å². The maximum atomic E-state index is 12.6. The van der Waals surface area contributed by atoms with Crippen LogP contribution in [0.1, 0.15) is 23.1 Å².